The van der Waals surface area contributed by atoms with Gasteiger partial charge in [0.25, 0.3) is 0 Å². The maximum absolute atomic E-state index is 9.96. The molecule has 14 heavy (non-hydrogen) atoms. The predicted molar refractivity (Wildman–Crippen MR) is 60.0 cm³/mol. The molecule has 0 bridgehead atoms. The minimum absolute atomic E-state index is 0.0375. The second kappa shape index (κ2) is 4.43. The van der Waals surface area contributed by atoms with Gasteiger partial charge in [0, 0.05) is 9.89 Å². The largest absolute Gasteiger partial charge is 0.396 e. The van der Waals surface area contributed by atoms with E-state index in [-0.39, 0.29) is 6.61 Å². The SMILES string of the molecule is CC(C)(CO)[C@@H](O)c1ccc(Br)cc1. The van der Waals surface area contributed by atoms with Crippen LogP contribution in [0.5, 0.6) is 0 Å². The van der Waals surface area contributed by atoms with Crippen LogP contribution in [0.3, 0.4) is 0 Å². The van der Waals surface area contributed by atoms with E-state index in [1.165, 1.54) is 0 Å². The Kier molecular flexibility index (Phi) is 3.70. The quantitative estimate of drug-likeness (QED) is 0.875. The van der Waals surface area contributed by atoms with E-state index in [4.69, 9.17) is 5.11 Å². The molecule has 0 radical (unpaired) electrons. The summed E-state index contributed by atoms with van der Waals surface area (Å²) in [4.78, 5) is 0. The first kappa shape index (κ1) is 11.7. The summed E-state index contributed by atoms with van der Waals surface area (Å²) < 4.78 is 0.982. The molecule has 78 valence electrons. The molecular formula is C11H15BrO2. The lowest BCUT2D eigenvalue weighted by Crippen LogP contribution is -2.25. The lowest BCUT2D eigenvalue weighted by Gasteiger charge is -2.28. The van der Waals surface area contributed by atoms with Gasteiger partial charge in [0.05, 0.1) is 12.7 Å². The van der Waals surface area contributed by atoms with Crippen molar-refractivity contribution in [3.8, 4) is 0 Å². The molecule has 0 heterocycles. The van der Waals surface area contributed by atoms with Crippen LogP contribution in [0.25, 0.3) is 0 Å². The van der Waals surface area contributed by atoms with E-state index in [2.05, 4.69) is 15.9 Å². The maximum Gasteiger partial charge on any atom is 0.0862 e. The zero-order chi connectivity index (χ0) is 10.8. The smallest absolute Gasteiger partial charge is 0.0862 e. The van der Waals surface area contributed by atoms with Crippen molar-refractivity contribution in [1.82, 2.24) is 0 Å². The van der Waals surface area contributed by atoms with Crippen molar-refractivity contribution in [2.75, 3.05) is 6.61 Å². The average Bonchev–Trinajstić information content (AvgIpc) is 2.18. The molecule has 0 saturated heterocycles. The summed E-state index contributed by atoms with van der Waals surface area (Å²) in [7, 11) is 0. The molecule has 1 atom stereocenters. The molecule has 0 amide bonds. The van der Waals surface area contributed by atoms with Gasteiger partial charge in [0.1, 0.15) is 0 Å². The Labute approximate surface area is 92.7 Å². The van der Waals surface area contributed by atoms with E-state index >= 15 is 0 Å². The molecule has 0 aliphatic heterocycles. The van der Waals surface area contributed by atoms with Crippen molar-refractivity contribution in [3.05, 3.63) is 34.3 Å². The lowest BCUT2D eigenvalue weighted by atomic mass is 9.83. The van der Waals surface area contributed by atoms with Gasteiger partial charge < -0.3 is 10.2 Å². The third-order valence-corrected chi connectivity index (χ3v) is 2.86. The van der Waals surface area contributed by atoms with Crippen molar-refractivity contribution < 1.29 is 10.2 Å². The standard InChI is InChI=1S/C11H15BrO2/c1-11(2,7-13)10(14)8-3-5-9(12)6-4-8/h3-6,10,13-14H,7H2,1-2H3/t10-/m0/s1. The van der Waals surface area contributed by atoms with Crippen molar-refractivity contribution in [2.45, 2.75) is 20.0 Å². The van der Waals surface area contributed by atoms with Crippen LogP contribution in [0.4, 0.5) is 0 Å². The Morgan fingerprint density at radius 3 is 2.21 bits per heavy atom. The Hall–Kier alpha value is -0.380. The molecule has 1 aromatic carbocycles. The van der Waals surface area contributed by atoms with Gasteiger partial charge in [-0.05, 0) is 17.7 Å². The molecule has 0 fully saturated rings. The number of hydrogen-bond donors (Lipinski definition) is 2. The van der Waals surface area contributed by atoms with Crippen molar-refractivity contribution >= 4 is 15.9 Å². The second-order valence-electron chi connectivity index (χ2n) is 4.10. The zero-order valence-electron chi connectivity index (χ0n) is 8.37. The van der Waals surface area contributed by atoms with Gasteiger partial charge >= 0.3 is 0 Å². The van der Waals surface area contributed by atoms with Gasteiger partial charge in [-0.2, -0.15) is 0 Å². The molecule has 0 aliphatic carbocycles. The molecule has 1 aromatic rings. The summed E-state index contributed by atoms with van der Waals surface area (Å²) in [6.45, 7) is 3.63. The number of benzene rings is 1. The topological polar surface area (TPSA) is 40.5 Å². The van der Waals surface area contributed by atoms with E-state index in [0.29, 0.717) is 0 Å². The van der Waals surface area contributed by atoms with E-state index in [1.807, 2.05) is 38.1 Å². The minimum atomic E-state index is -0.638. The van der Waals surface area contributed by atoms with Crippen LogP contribution in [0.2, 0.25) is 0 Å². The molecule has 3 heteroatoms. The highest BCUT2D eigenvalue weighted by Gasteiger charge is 2.28. The Morgan fingerprint density at radius 1 is 1.29 bits per heavy atom. The molecule has 0 unspecified atom stereocenters. The van der Waals surface area contributed by atoms with Gasteiger partial charge in [-0.25, -0.2) is 0 Å². The first-order valence-electron chi connectivity index (χ1n) is 4.52. The molecule has 2 nitrogen and oxygen atoms in total. The Morgan fingerprint density at radius 2 is 1.79 bits per heavy atom. The van der Waals surface area contributed by atoms with E-state index in [9.17, 15) is 5.11 Å². The summed E-state index contributed by atoms with van der Waals surface area (Å²) in [5.74, 6) is 0. The molecule has 0 aliphatic rings. The molecule has 0 spiro atoms. The summed E-state index contributed by atoms with van der Waals surface area (Å²) >= 11 is 3.33. The summed E-state index contributed by atoms with van der Waals surface area (Å²) in [6.07, 6.45) is -0.638. The van der Waals surface area contributed by atoms with Crippen LogP contribution in [-0.4, -0.2) is 16.8 Å². The first-order chi connectivity index (χ1) is 6.47. The van der Waals surface area contributed by atoms with Crippen LogP contribution in [-0.2, 0) is 0 Å². The molecule has 0 aromatic heterocycles. The summed E-state index contributed by atoms with van der Waals surface area (Å²) in [5.41, 5.74) is 0.320. The number of halogens is 1. The third kappa shape index (κ3) is 2.56. The van der Waals surface area contributed by atoms with Gasteiger partial charge in [-0.1, -0.05) is 41.9 Å². The van der Waals surface area contributed by atoms with E-state index < -0.39 is 11.5 Å². The fourth-order valence-electron chi connectivity index (χ4n) is 1.18. The molecular weight excluding hydrogens is 244 g/mol. The van der Waals surface area contributed by atoms with Crippen LogP contribution in [0.15, 0.2) is 28.7 Å². The van der Waals surface area contributed by atoms with Gasteiger partial charge in [0.2, 0.25) is 0 Å². The Bertz CT molecular complexity index is 293. The van der Waals surface area contributed by atoms with Crippen LogP contribution >= 0.6 is 15.9 Å². The highest BCUT2D eigenvalue weighted by Crippen LogP contribution is 2.32. The molecule has 1 rings (SSSR count). The summed E-state index contributed by atoms with van der Waals surface area (Å²) in [5, 5.41) is 19.1. The number of aliphatic hydroxyl groups is 2. The Balaban J connectivity index is 2.89. The monoisotopic (exact) mass is 258 g/mol. The van der Waals surface area contributed by atoms with Gasteiger partial charge in [0.15, 0.2) is 0 Å². The highest BCUT2D eigenvalue weighted by atomic mass is 79.9. The normalized spacial score (nSPS) is 14.1. The number of hydrogen-bond acceptors (Lipinski definition) is 2. The van der Waals surface area contributed by atoms with Crippen molar-refractivity contribution in [1.29, 1.82) is 0 Å². The van der Waals surface area contributed by atoms with Gasteiger partial charge in [-0.3, -0.25) is 0 Å². The predicted octanol–water partition coefficient (Wildman–Crippen LogP) is 2.50. The minimum Gasteiger partial charge on any atom is -0.396 e. The highest BCUT2D eigenvalue weighted by molar-refractivity contribution is 9.10. The van der Waals surface area contributed by atoms with Crippen LogP contribution in [0, 0.1) is 5.41 Å². The number of rotatable bonds is 3. The second-order valence-corrected chi connectivity index (χ2v) is 5.02. The van der Waals surface area contributed by atoms with E-state index in [1.54, 1.807) is 0 Å². The van der Waals surface area contributed by atoms with Crippen LogP contribution < -0.4 is 0 Å². The van der Waals surface area contributed by atoms with Crippen molar-refractivity contribution in [3.63, 3.8) is 0 Å². The fourth-order valence-corrected chi connectivity index (χ4v) is 1.45. The average molecular weight is 259 g/mol. The van der Waals surface area contributed by atoms with Crippen LogP contribution in [0.1, 0.15) is 25.5 Å². The lowest BCUT2D eigenvalue weighted by molar-refractivity contribution is 0.00638. The molecule has 2 N–H and O–H groups in total. The zero-order valence-corrected chi connectivity index (χ0v) is 9.95. The van der Waals surface area contributed by atoms with Crippen molar-refractivity contribution in [2.24, 2.45) is 5.41 Å². The first-order valence-corrected chi connectivity index (χ1v) is 5.31. The number of aliphatic hydroxyl groups excluding tert-OH is 2. The van der Waals surface area contributed by atoms with Gasteiger partial charge in [-0.15, -0.1) is 0 Å². The fraction of sp³-hybridized carbons (Fsp3) is 0.455. The molecule has 0 saturated carbocycles. The van der Waals surface area contributed by atoms with E-state index in [0.717, 1.165) is 10.0 Å². The summed E-state index contributed by atoms with van der Waals surface area (Å²) in [6, 6.07) is 7.47. The maximum atomic E-state index is 9.96. The third-order valence-electron chi connectivity index (χ3n) is 2.33.